The molecule has 1 aromatic heterocycles. The molecule has 0 fully saturated rings. The van der Waals surface area contributed by atoms with Crippen LogP contribution in [0.3, 0.4) is 0 Å². The van der Waals surface area contributed by atoms with Crippen molar-refractivity contribution >= 4 is 16.6 Å². The standard InChI is InChI=1S/C22H18N2/c1-3-9-17(10-4-1)22(18-11-5-2-6-12-18)24-21-15-16-23-20-14-8-7-13-19(20)21/h1-16,22H,(H,23,24). The maximum atomic E-state index is 4.45. The molecule has 0 aliphatic rings. The first-order chi connectivity index (χ1) is 11.9. The third kappa shape index (κ3) is 2.86. The summed E-state index contributed by atoms with van der Waals surface area (Å²) in [4.78, 5) is 4.45. The van der Waals surface area contributed by atoms with Crippen LogP contribution in [0, 0.1) is 0 Å². The van der Waals surface area contributed by atoms with E-state index < -0.39 is 0 Å². The number of fused-ring (bicyclic) bond motifs is 1. The third-order valence-electron chi connectivity index (χ3n) is 4.21. The van der Waals surface area contributed by atoms with Crippen molar-refractivity contribution in [2.75, 3.05) is 5.32 Å². The lowest BCUT2D eigenvalue weighted by atomic mass is 9.98. The van der Waals surface area contributed by atoms with Gasteiger partial charge in [-0.2, -0.15) is 0 Å². The van der Waals surface area contributed by atoms with Gasteiger partial charge >= 0.3 is 0 Å². The van der Waals surface area contributed by atoms with Crippen molar-refractivity contribution in [3.05, 3.63) is 108 Å². The van der Waals surface area contributed by atoms with Gasteiger partial charge in [0, 0.05) is 17.3 Å². The molecule has 4 aromatic rings. The number of benzene rings is 3. The fourth-order valence-electron chi connectivity index (χ4n) is 3.03. The molecule has 116 valence electrons. The van der Waals surface area contributed by atoms with Crippen LogP contribution in [0.4, 0.5) is 5.69 Å². The van der Waals surface area contributed by atoms with Gasteiger partial charge in [-0.05, 0) is 23.3 Å². The number of rotatable bonds is 4. The highest BCUT2D eigenvalue weighted by Crippen LogP contribution is 2.30. The zero-order valence-electron chi connectivity index (χ0n) is 13.3. The first-order valence-corrected chi connectivity index (χ1v) is 8.12. The van der Waals surface area contributed by atoms with Crippen LogP contribution in [0.1, 0.15) is 17.2 Å². The monoisotopic (exact) mass is 310 g/mol. The minimum Gasteiger partial charge on any atom is -0.374 e. The summed E-state index contributed by atoms with van der Waals surface area (Å²) in [7, 11) is 0. The maximum Gasteiger partial charge on any atom is 0.0767 e. The predicted octanol–water partition coefficient (Wildman–Crippen LogP) is 5.44. The number of nitrogens with one attached hydrogen (secondary N) is 1. The molecule has 1 heterocycles. The highest BCUT2D eigenvalue weighted by atomic mass is 14.9. The average Bonchev–Trinajstić information content (AvgIpc) is 2.67. The van der Waals surface area contributed by atoms with Gasteiger partial charge in [0.1, 0.15) is 0 Å². The maximum absolute atomic E-state index is 4.45. The van der Waals surface area contributed by atoms with Crippen molar-refractivity contribution in [2.24, 2.45) is 0 Å². The van der Waals surface area contributed by atoms with E-state index in [0.717, 1.165) is 16.6 Å². The second kappa shape index (κ2) is 6.55. The lowest BCUT2D eigenvalue weighted by Crippen LogP contribution is -2.12. The number of pyridine rings is 1. The Balaban J connectivity index is 1.80. The molecule has 0 saturated carbocycles. The fraction of sp³-hybridized carbons (Fsp3) is 0.0455. The van der Waals surface area contributed by atoms with E-state index in [0.29, 0.717) is 0 Å². The molecule has 1 N–H and O–H groups in total. The minimum absolute atomic E-state index is 0.0956. The molecule has 2 nitrogen and oxygen atoms in total. The van der Waals surface area contributed by atoms with E-state index in [9.17, 15) is 0 Å². The van der Waals surface area contributed by atoms with Gasteiger partial charge in [0.2, 0.25) is 0 Å². The molecule has 0 aliphatic heterocycles. The molecule has 0 spiro atoms. The Bertz CT molecular complexity index is 889. The minimum atomic E-state index is 0.0956. The number of nitrogens with zero attached hydrogens (tertiary/aromatic N) is 1. The van der Waals surface area contributed by atoms with Crippen LogP contribution in [0.2, 0.25) is 0 Å². The normalized spacial score (nSPS) is 10.9. The Hall–Kier alpha value is -3.13. The largest absolute Gasteiger partial charge is 0.374 e. The molecule has 0 atom stereocenters. The number of hydrogen-bond acceptors (Lipinski definition) is 2. The molecule has 0 amide bonds. The van der Waals surface area contributed by atoms with E-state index >= 15 is 0 Å². The Kier molecular flexibility index (Phi) is 3.95. The summed E-state index contributed by atoms with van der Waals surface area (Å²) in [5.74, 6) is 0. The molecule has 0 aliphatic carbocycles. The summed E-state index contributed by atoms with van der Waals surface area (Å²) >= 11 is 0. The summed E-state index contributed by atoms with van der Waals surface area (Å²) in [6, 6.07) is 31.4. The van der Waals surface area contributed by atoms with Crippen LogP contribution in [-0.2, 0) is 0 Å². The molecule has 0 radical (unpaired) electrons. The first-order valence-electron chi connectivity index (χ1n) is 8.12. The SMILES string of the molecule is c1ccc(C(Nc2ccnc3ccccc23)c2ccccc2)cc1. The smallest absolute Gasteiger partial charge is 0.0767 e. The number of para-hydroxylation sites is 1. The van der Waals surface area contributed by atoms with Crippen LogP contribution in [0.25, 0.3) is 10.9 Å². The van der Waals surface area contributed by atoms with E-state index in [-0.39, 0.29) is 6.04 Å². The fourth-order valence-corrected chi connectivity index (χ4v) is 3.03. The van der Waals surface area contributed by atoms with Gasteiger partial charge in [0.05, 0.1) is 11.6 Å². The molecule has 0 unspecified atom stereocenters. The molecular weight excluding hydrogens is 292 g/mol. The molecule has 4 rings (SSSR count). The van der Waals surface area contributed by atoms with Crippen molar-refractivity contribution in [1.82, 2.24) is 4.98 Å². The molecular formula is C22H18N2. The van der Waals surface area contributed by atoms with Gasteiger partial charge < -0.3 is 5.32 Å². The van der Waals surface area contributed by atoms with Crippen molar-refractivity contribution in [1.29, 1.82) is 0 Å². The average molecular weight is 310 g/mol. The van der Waals surface area contributed by atoms with Crippen molar-refractivity contribution < 1.29 is 0 Å². The second-order valence-corrected chi connectivity index (χ2v) is 5.77. The third-order valence-corrected chi connectivity index (χ3v) is 4.21. The molecule has 2 heteroatoms. The van der Waals surface area contributed by atoms with Crippen molar-refractivity contribution in [3.63, 3.8) is 0 Å². The van der Waals surface area contributed by atoms with Gasteiger partial charge in [0.15, 0.2) is 0 Å². The van der Waals surface area contributed by atoms with E-state index in [1.165, 1.54) is 11.1 Å². The Labute approximate surface area is 141 Å². The zero-order valence-corrected chi connectivity index (χ0v) is 13.3. The van der Waals surface area contributed by atoms with E-state index in [1.807, 2.05) is 36.5 Å². The van der Waals surface area contributed by atoms with Gasteiger partial charge in [0.25, 0.3) is 0 Å². The Morgan fingerprint density at radius 3 is 1.88 bits per heavy atom. The highest BCUT2D eigenvalue weighted by Gasteiger charge is 2.14. The van der Waals surface area contributed by atoms with Crippen LogP contribution < -0.4 is 5.32 Å². The Morgan fingerprint density at radius 1 is 0.625 bits per heavy atom. The van der Waals surface area contributed by atoms with Gasteiger partial charge in [-0.3, -0.25) is 4.98 Å². The van der Waals surface area contributed by atoms with E-state index in [4.69, 9.17) is 0 Å². The molecule has 0 bridgehead atoms. The second-order valence-electron chi connectivity index (χ2n) is 5.77. The van der Waals surface area contributed by atoms with Crippen LogP contribution >= 0.6 is 0 Å². The summed E-state index contributed by atoms with van der Waals surface area (Å²) in [5, 5.41) is 4.85. The molecule has 3 aromatic carbocycles. The predicted molar refractivity (Wildman–Crippen MR) is 100 cm³/mol. The van der Waals surface area contributed by atoms with Crippen molar-refractivity contribution in [3.8, 4) is 0 Å². The lowest BCUT2D eigenvalue weighted by Gasteiger charge is -2.22. The topological polar surface area (TPSA) is 24.9 Å². The zero-order chi connectivity index (χ0) is 16.2. The van der Waals surface area contributed by atoms with Crippen LogP contribution in [0.5, 0.6) is 0 Å². The van der Waals surface area contributed by atoms with Gasteiger partial charge in [-0.1, -0.05) is 78.9 Å². The molecule has 0 saturated heterocycles. The highest BCUT2D eigenvalue weighted by molar-refractivity contribution is 5.91. The summed E-state index contributed by atoms with van der Waals surface area (Å²) < 4.78 is 0. The number of anilines is 1. The van der Waals surface area contributed by atoms with Gasteiger partial charge in [-0.15, -0.1) is 0 Å². The van der Waals surface area contributed by atoms with E-state index in [2.05, 4.69) is 71.0 Å². The molecule has 24 heavy (non-hydrogen) atoms. The Morgan fingerprint density at radius 2 is 1.21 bits per heavy atom. The summed E-state index contributed by atoms with van der Waals surface area (Å²) in [5.41, 5.74) is 4.58. The lowest BCUT2D eigenvalue weighted by molar-refractivity contribution is 0.941. The van der Waals surface area contributed by atoms with Crippen LogP contribution in [0.15, 0.2) is 97.2 Å². The van der Waals surface area contributed by atoms with Gasteiger partial charge in [-0.25, -0.2) is 0 Å². The number of aromatic nitrogens is 1. The first kappa shape index (κ1) is 14.5. The quantitative estimate of drug-likeness (QED) is 0.543. The van der Waals surface area contributed by atoms with Crippen molar-refractivity contribution in [2.45, 2.75) is 6.04 Å². The van der Waals surface area contributed by atoms with Crippen LogP contribution in [-0.4, -0.2) is 4.98 Å². The summed E-state index contributed by atoms with van der Waals surface area (Å²) in [6.45, 7) is 0. The summed E-state index contributed by atoms with van der Waals surface area (Å²) in [6.07, 6.45) is 1.86. The number of hydrogen-bond donors (Lipinski definition) is 1. The van der Waals surface area contributed by atoms with E-state index in [1.54, 1.807) is 0 Å².